The minimum Gasteiger partial charge on any atom is -0.462 e. The predicted molar refractivity (Wildman–Crippen MR) is 164 cm³/mol. The summed E-state index contributed by atoms with van der Waals surface area (Å²) in [4.78, 5) is 56.3. The molecule has 0 saturated carbocycles. The van der Waals surface area contributed by atoms with E-state index in [1.54, 1.807) is 31.2 Å². The maximum atomic E-state index is 14.2. The van der Waals surface area contributed by atoms with E-state index in [2.05, 4.69) is 10.3 Å². The molecule has 1 amide bonds. The second-order valence-corrected chi connectivity index (χ2v) is 9.92. The third kappa shape index (κ3) is 7.04. The molecular formula is C34H28FN3O7. The normalized spacial score (nSPS) is 10.7. The van der Waals surface area contributed by atoms with E-state index in [0.717, 1.165) is 5.56 Å². The summed E-state index contributed by atoms with van der Waals surface area (Å²) in [5.74, 6) is -2.63. The van der Waals surface area contributed by atoms with Gasteiger partial charge < -0.3 is 18.8 Å². The maximum absolute atomic E-state index is 14.2. The van der Waals surface area contributed by atoms with Crippen LogP contribution >= 0.6 is 0 Å². The minimum atomic E-state index is -0.956. The summed E-state index contributed by atoms with van der Waals surface area (Å²) in [5.41, 5.74) is 1.44. The second kappa shape index (κ2) is 13.6. The Morgan fingerprint density at radius 1 is 0.889 bits per heavy atom. The van der Waals surface area contributed by atoms with E-state index < -0.39 is 35.0 Å². The van der Waals surface area contributed by atoms with Crippen LogP contribution in [-0.2, 0) is 29.5 Å². The van der Waals surface area contributed by atoms with Crippen molar-refractivity contribution in [3.05, 3.63) is 135 Å². The molecule has 0 unspecified atom stereocenters. The number of anilines is 1. The van der Waals surface area contributed by atoms with Gasteiger partial charge in [-0.25, -0.2) is 18.8 Å². The third-order valence-electron chi connectivity index (χ3n) is 6.85. The van der Waals surface area contributed by atoms with E-state index in [1.807, 2.05) is 30.3 Å². The largest absolute Gasteiger partial charge is 0.462 e. The molecule has 1 N–H and O–H groups in total. The molecule has 5 rings (SSSR count). The number of carbonyl (C=O) groups is 3. The van der Waals surface area contributed by atoms with E-state index in [0.29, 0.717) is 11.1 Å². The fraction of sp³-hybridized carbons (Fsp3) is 0.147. The van der Waals surface area contributed by atoms with Gasteiger partial charge in [0.25, 0.3) is 5.56 Å². The number of aryl methyl sites for hydroxylation is 1. The summed E-state index contributed by atoms with van der Waals surface area (Å²) >= 11 is 0. The second-order valence-electron chi connectivity index (χ2n) is 9.92. The van der Waals surface area contributed by atoms with Crippen molar-refractivity contribution in [2.75, 3.05) is 11.9 Å². The van der Waals surface area contributed by atoms with Crippen LogP contribution in [-0.4, -0.2) is 34.2 Å². The number of ether oxygens (including phenoxy) is 3. The van der Waals surface area contributed by atoms with Crippen molar-refractivity contribution in [2.45, 2.75) is 20.0 Å². The molecule has 228 valence electrons. The van der Waals surface area contributed by atoms with Gasteiger partial charge >= 0.3 is 18.0 Å². The number of aromatic nitrogens is 2. The molecule has 0 radical (unpaired) electrons. The first kappa shape index (κ1) is 30.6. The highest BCUT2D eigenvalue weighted by atomic mass is 19.1. The van der Waals surface area contributed by atoms with E-state index in [1.165, 1.54) is 48.1 Å². The number of halogens is 1. The Hall–Kier alpha value is -5.84. The van der Waals surface area contributed by atoms with Gasteiger partial charge in [-0.05, 0) is 53.9 Å². The Labute approximate surface area is 257 Å². The average Bonchev–Trinajstić information content (AvgIpc) is 3.05. The average molecular weight is 610 g/mol. The van der Waals surface area contributed by atoms with Gasteiger partial charge in [-0.2, -0.15) is 0 Å². The molecule has 45 heavy (non-hydrogen) atoms. The van der Waals surface area contributed by atoms with E-state index in [9.17, 15) is 23.6 Å². The Balaban J connectivity index is 1.48. The molecule has 3 aromatic carbocycles. The van der Waals surface area contributed by atoms with Gasteiger partial charge in [0.15, 0.2) is 11.3 Å². The van der Waals surface area contributed by atoms with E-state index in [-0.39, 0.29) is 47.7 Å². The molecule has 0 aliphatic heterocycles. The lowest BCUT2D eigenvalue weighted by molar-refractivity contribution is 0.0518. The van der Waals surface area contributed by atoms with Crippen LogP contribution in [0.5, 0.6) is 5.75 Å². The fourth-order valence-corrected chi connectivity index (χ4v) is 4.63. The Kier molecular flexibility index (Phi) is 9.28. The van der Waals surface area contributed by atoms with Crippen molar-refractivity contribution in [2.24, 2.45) is 7.05 Å². The zero-order valence-electron chi connectivity index (χ0n) is 24.4. The standard InChI is InChI=1S/C34H28FN3O7/c1-3-43-33(41)28-30(45-32(40)23-12-8-5-9-13-23)29-27(38(2)31(28)39)17-22(19-36-29)16-24-14-15-25(35)18-26(24)37-34(42)44-20-21-10-6-4-7-11-21/h4-15,17-19H,3,16,20H2,1-2H3,(H,37,42). The topological polar surface area (TPSA) is 126 Å². The minimum absolute atomic E-state index is 0.00764. The summed E-state index contributed by atoms with van der Waals surface area (Å²) in [7, 11) is 1.45. The fourth-order valence-electron chi connectivity index (χ4n) is 4.63. The number of carbonyl (C=O) groups excluding carboxylic acids is 3. The SMILES string of the molecule is CCOC(=O)c1c(OC(=O)c2ccccc2)c2ncc(Cc3ccc(F)cc3NC(=O)OCc3ccccc3)cc2n(C)c1=O. The number of hydrogen-bond donors (Lipinski definition) is 1. The molecule has 0 fully saturated rings. The van der Waals surface area contributed by atoms with E-state index in [4.69, 9.17) is 14.2 Å². The highest BCUT2D eigenvalue weighted by molar-refractivity contribution is 6.01. The Morgan fingerprint density at radius 2 is 1.60 bits per heavy atom. The zero-order valence-corrected chi connectivity index (χ0v) is 24.4. The molecule has 11 heteroatoms. The molecule has 2 heterocycles. The van der Waals surface area contributed by atoms with Gasteiger partial charge in [-0.15, -0.1) is 0 Å². The van der Waals surface area contributed by atoms with Crippen molar-refractivity contribution in [3.8, 4) is 5.75 Å². The zero-order chi connectivity index (χ0) is 31.9. The summed E-state index contributed by atoms with van der Waals surface area (Å²) in [5, 5.41) is 2.59. The van der Waals surface area contributed by atoms with E-state index >= 15 is 0 Å². The number of esters is 2. The molecule has 10 nitrogen and oxygen atoms in total. The van der Waals surface area contributed by atoms with Crippen molar-refractivity contribution < 1.29 is 33.0 Å². The number of nitrogens with one attached hydrogen (secondary N) is 1. The van der Waals surface area contributed by atoms with Crippen LogP contribution < -0.4 is 15.6 Å². The van der Waals surface area contributed by atoms with Gasteiger partial charge in [-0.3, -0.25) is 15.1 Å². The first-order valence-corrected chi connectivity index (χ1v) is 14.0. The van der Waals surface area contributed by atoms with Crippen molar-refractivity contribution in [1.29, 1.82) is 0 Å². The van der Waals surface area contributed by atoms with Gasteiger partial charge in [-0.1, -0.05) is 54.6 Å². The quantitative estimate of drug-likeness (QED) is 0.208. The summed E-state index contributed by atoms with van der Waals surface area (Å²) in [6, 6.07) is 22.8. The number of nitrogens with zero attached hydrogens (tertiary/aromatic N) is 2. The molecule has 0 saturated heterocycles. The van der Waals surface area contributed by atoms with Crippen LogP contribution in [0.4, 0.5) is 14.9 Å². The molecule has 0 bridgehead atoms. The van der Waals surface area contributed by atoms with Crippen LogP contribution in [0.3, 0.4) is 0 Å². The lowest BCUT2D eigenvalue weighted by atomic mass is 10.0. The number of fused-ring (bicyclic) bond motifs is 1. The van der Waals surface area contributed by atoms with Gasteiger partial charge in [0.2, 0.25) is 0 Å². The highest BCUT2D eigenvalue weighted by Gasteiger charge is 2.27. The summed E-state index contributed by atoms with van der Waals surface area (Å²) in [6.45, 7) is 1.61. The predicted octanol–water partition coefficient (Wildman–Crippen LogP) is 5.81. The van der Waals surface area contributed by atoms with Crippen LogP contribution in [0.15, 0.2) is 95.9 Å². The van der Waals surface area contributed by atoms with Crippen molar-refractivity contribution in [1.82, 2.24) is 9.55 Å². The number of benzene rings is 3. The highest BCUT2D eigenvalue weighted by Crippen LogP contribution is 2.29. The van der Waals surface area contributed by atoms with Crippen LogP contribution in [0.25, 0.3) is 11.0 Å². The number of pyridine rings is 2. The monoisotopic (exact) mass is 609 g/mol. The smallest absolute Gasteiger partial charge is 0.411 e. The molecule has 0 spiro atoms. The summed E-state index contributed by atoms with van der Waals surface area (Å²) in [6.07, 6.45) is 0.883. The van der Waals surface area contributed by atoms with Gasteiger partial charge in [0, 0.05) is 19.7 Å². The van der Waals surface area contributed by atoms with Gasteiger partial charge in [0.1, 0.15) is 17.9 Å². The first-order valence-electron chi connectivity index (χ1n) is 14.0. The van der Waals surface area contributed by atoms with Crippen molar-refractivity contribution in [3.63, 3.8) is 0 Å². The lowest BCUT2D eigenvalue weighted by Gasteiger charge is -2.16. The molecule has 0 atom stereocenters. The Morgan fingerprint density at radius 3 is 2.31 bits per heavy atom. The summed E-state index contributed by atoms with van der Waals surface area (Å²) < 4.78 is 31.4. The lowest BCUT2D eigenvalue weighted by Crippen LogP contribution is -2.28. The third-order valence-corrected chi connectivity index (χ3v) is 6.85. The molecule has 0 aliphatic carbocycles. The number of amides is 1. The van der Waals surface area contributed by atoms with Gasteiger partial charge in [0.05, 0.1) is 23.4 Å². The molecule has 2 aromatic heterocycles. The van der Waals surface area contributed by atoms with Crippen molar-refractivity contribution >= 4 is 34.8 Å². The molecular weight excluding hydrogens is 581 g/mol. The Bertz CT molecular complexity index is 1940. The number of hydrogen-bond acceptors (Lipinski definition) is 8. The van der Waals surface area contributed by atoms with Crippen LogP contribution in [0.2, 0.25) is 0 Å². The number of rotatable bonds is 9. The molecule has 0 aliphatic rings. The van der Waals surface area contributed by atoms with Crippen LogP contribution in [0, 0.1) is 5.82 Å². The first-order chi connectivity index (χ1) is 21.7. The molecule has 5 aromatic rings. The van der Waals surface area contributed by atoms with Crippen LogP contribution in [0.1, 0.15) is 44.3 Å². The maximum Gasteiger partial charge on any atom is 0.411 e.